The number of anilines is 2. The summed E-state index contributed by atoms with van der Waals surface area (Å²) < 4.78 is 0. The van der Waals surface area contributed by atoms with Crippen molar-refractivity contribution in [1.29, 1.82) is 5.26 Å². The zero-order valence-corrected chi connectivity index (χ0v) is 30.6. The number of allylic oxidation sites excluding steroid dienone is 1. The summed E-state index contributed by atoms with van der Waals surface area (Å²) >= 11 is 0. The first-order valence-electron chi connectivity index (χ1n) is 19.1. The van der Waals surface area contributed by atoms with Gasteiger partial charge in [-0.1, -0.05) is 100 Å². The molecule has 0 aromatic heterocycles. The molecule has 1 saturated carbocycles. The van der Waals surface area contributed by atoms with E-state index in [1.165, 1.54) is 36.8 Å². The summed E-state index contributed by atoms with van der Waals surface area (Å²) in [7, 11) is 0. The van der Waals surface area contributed by atoms with Gasteiger partial charge in [0, 0.05) is 53.6 Å². The van der Waals surface area contributed by atoms with Gasteiger partial charge in [-0.2, -0.15) is 0 Å². The maximum absolute atomic E-state index is 12.4. The van der Waals surface area contributed by atoms with Crippen LogP contribution in [0, 0.1) is 17.9 Å². The van der Waals surface area contributed by atoms with Gasteiger partial charge >= 0.3 is 0 Å². The van der Waals surface area contributed by atoms with E-state index in [4.69, 9.17) is 6.57 Å². The minimum atomic E-state index is -0.814. The molecule has 1 aliphatic carbocycles. The fourth-order valence-corrected chi connectivity index (χ4v) is 8.50. The van der Waals surface area contributed by atoms with Crippen LogP contribution >= 0.6 is 0 Å². The SMILES string of the molecule is [C-]#[N+]/C(C#N)=C1\C(c2ccc(NCC)c3cc4ccccc4cc23)C(O)C1c1ccc(N(CCCCC)CCCCC)c2cc3ccccc3cc12. The van der Waals surface area contributed by atoms with Gasteiger partial charge in [0.1, 0.15) is 0 Å². The zero-order chi connectivity index (χ0) is 36.2. The van der Waals surface area contributed by atoms with Crippen LogP contribution in [-0.4, -0.2) is 30.8 Å². The van der Waals surface area contributed by atoms with Crippen molar-refractivity contribution in [3.8, 4) is 6.07 Å². The third-order valence-electron chi connectivity index (χ3n) is 11.1. The standard InChI is InChI=1S/C47H48N4O/c1-5-8-14-24-51(25-15-9-6-2)43-23-21-36(38-27-32-17-11-13-19-34(32)29-40(38)43)45-46(42(30-48)49-4)44(47(45)52)35-20-22-41(50-7-3)39-28-33-18-12-10-16-31(33)26-37(35)39/h10-13,16-23,26-29,44-45,47,50,52H,5-9,14-15,24-25H2,1-3H3/b46-42+. The first-order valence-corrected chi connectivity index (χ1v) is 19.1. The van der Waals surface area contributed by atoms with Gasteiger partial charge in [0.15, 0.2) is 0 Å². The van der Waals surface area contributed by atoms with Crippen molar-refractivity contribution in [2.24, 2.45) is 0 Å². The summed E-state index contributed by atoms with van der Waals surface area (Å²) in [5.41, 5.74) is 4.95. The average molecular weight is 685 g/mol. The Morgan fingerprint density at radius 3 is 1.71 bits per heavy atom. The predicted molar refractivity (Wildman–Crippen MR) is 219 cm³/mol. The smallest absolute Gasteiger partial charge is 0.262 e. The Hall–Kier alpha value is -5.36. The molecule has 6 aromatic carbocycles. The molecule has 6 aromatic rings. The highest BCUT2D eigenvalue weighted by molar-refractivity contribution is 6.07. The van der Waals surface area contributed by atoms with E-state index in [9.17, 15) is 10.4 Å². The first kappa shape index (κ1) is 35.1. The van der Waals surface area contributed by atoms with Crippen LogP contribution in [0.15, 0.2) is 108 Å². The fraction of sp³-hybridized carbons (Fsp3) is 0.319. The maximum atomic E-state index is 12.4. The molecule has 5 heteroatoms. The molecule has 7 rings (SSSR count). The molecule has 52 heavy (non-hydrogen) atoms. The summed E-state index contributed by atoms with van der Waals surface area (Å²) in [6.45, 7) is 17.5. The van der Waals surface area contributed by atoms with Crippen molar-refractivity contribution in [2.45, 2.75) is 77.2 Å². The highest BCUT2D eigenvalue weighted by Gasteiger charge is 2.49. The number of nitrogens with zero attached hydrogens (tertiary/aromatic N) is 3. The van der Waals surface area contributed by atoms with Gasteiger partial charge in [-0.25, -0.2) is 10.1 Å². The topological polar surface area (TPSA) is 63.6 Å². The normalized spacial score (nSPS) is 17.9. The quantitative estimate of drug-likeness (QED) is 0.0550. The van der Waals surface area contributed by atoms with Crippen LogP contribution in [0.5, 0.6) is 0 Å². The van der Waals surface area contributed by atoms with Crippen LogP contribution < -0.4 is 10.2 Å². The number of aliphatic hydroxyl groups excluding tert-OH is 1. The second kappa shape index (κ2) is 15.5. The molecular formula is C47H48N4O. The molecule has 5 nitrogen and oxygen atoms in total. The summed E-state index contributed by atoms with van der Waals surface area (Å²) in [5.74, 6) is -0.966. The van der Waals surface area contributed by atoms with E-state index >= 15 is 0 Å². The van der Waals surface area contributed by atoms with Crippen molar-refractivity contribution in [3.05, 3.63) is 131 Å². The molecule has 1 fully saturated rings. The summed E-state index contributed by atoms with van der Waals surface area (Å²) in [6, 6.07) is 36.6. The first-order chi connectivity index (χ1) is 25.5. The lowest BCUT2D eigenvalue weighted by Crippen LogP contribution is -2.42. The van der Waals surface area contributed by atoms with Gasteiger partial charge < -0.3 is 15.3 Å². The van der Waals surface area contributed by atoms with Crippen molar-refractivity contribution in [3.63, 3.8) is 0 Å². The molecule has 3 unspecified atom stereocenters. The number of nitriles is 1. The lowest BCUT2D eigenvalue weighted by atomic mass is 9.60. The van der Waals surface area contributed by atoms with Crippen LogP contribution in [0.1, 0.15) is 82.3 Å². The largest absolute Gasteiger partial charge is 0.391 e. The minimum absolute atomic E-state index is 0.0729. The third kappa shape index (κ3) is 6.36. The number of hydrogen-bond acceptors (Lipinski definition) is 4. The Balaban J connectivity index is 1.41. The molecule has 0 spiro atoms. The molecule has 1 aliphatic rings. The van der Waals surface area contributed by atoms with Gasteiger partial charge in [0.25, 0.3) is 5.70 Å². The molecule has 0 radical (unpaired) electrons. The van der Waals surface area contributed by atoms with Crippen LogP contribution in [0.2, 0.25) is 0 Å². The highest BCUT2D eigenvalue weighted by atomic mass is 16.3. The van der Waals surface area contributed by atoms with Crippen LogP contribution in [-0.2, 0) is 0 Å². The molecule has 0 bridgehead atoms. The molecule has 0 amide bonds. The number of unbranched alkanes of at least 4 members (excludes halogenated alkanes) is 4. The minimum Gasteiger partial charge on any atom is -0.391 e. The fourth-order valence-electron chi connectivity index (χ4n) is 8.50. The molecule has 0 saturated heterocycles. The molecular weight excluding hydrogens is 637 g/mol. The number of benzene rings is 6. The highest BCUT2D eigenvalue weighted by Crippen LogP contribution is 2.57. The van der Waals surface area contributed by atoms with Gasteiger partial charge in [-0.05, 0) is 105 Å². The van der Waals surface area contributed by atoms with E-state index in [0.29, 0.717) is 5.57 Å². The van der Waals surface area contributed by atoms with E-state index in [1.54, 1.807) is 0 Å². The number of rotatable bonds is 13. The van der Waals surface area contributed by atoms with Crippen LogP contribution in [0.3, 0.4) is 0 Å². The van der Waals surface area contributed by atoms with Crippen molar-refractivity contribution >= 4 is 54.5 Å². The van der Waals surface area contributed by atoms with Crippen LogP contribution in [0.25, 0.3) is 47.9 Å². The van der Waals surface area contributed by atoms with E-state index in [2.05, 4.69) is 133 Å². The molecule has 0 heterocycles. The number of fused-ring (bicyclic) bond motifs is 4. The van der Waals surface area contributed by atoms with E-state index in [1.807, 2.05) is 6.07 Å². The second-order valence-electron chi connectivity index (χ2n) is 14.3. The second-order valence-corrected chi connectivity index (χ2v) is 14.3. The monoisotopic (exact) mass is 684 g/mol. The number of aliphatic hydroxyl groups is 1. The number of hydrogen-bond donors (Lipinski definition) is 2. The van der Waals surface area contributed by atoms with Crippen molar-refractivity contribution < 1.29 is 5.11 Å². The average Bonchev–Trinajstić information content (AvgIpc) is 3.17. The Bertz CT molecular complexity index is 2350. The zero-order valence-electron chi connectivity index (χ0n) is 30.6. The summed E-state index contributed by atoms with van der Waals surface area (Å²) in [6.07, 6.45) is 6.21. The molecule has 262 valence electrons. The van der Waals surface area contributed by atoms with Crippen molar-refractivity contribution in [1.82, 2.24) is 0 Å². The molecule has 0 aliphatic heterocycles. The summed E-state index contributed by atoms with van der Waals surface area (Å²) in [4.78, 5) is 6.35. The van der Waals surface area contributed by atoms with Gasteiger partial charge in [-0.3, -0.25) is 0 Å². The Kier molecular flexibility index (Phi) is 10.4. The lowest BCUT2D eigenvalue weighted by molar-refractivity contribution is 0.0870. The van der Waals surface area contributed by atoms with E-state index in [0.717, 1.165) is 87.0 Å². The van der Waals surface area contributed by atoms with Crippen LogP contribution in [0.4, 0.5) is 11.4 Å². The maximum Gasteiger partial charge on any atom is 0.262 e. The van der Waals surface area contributed by atoms with Gasteiger partial charge in [0.2, 0.25) is 0 Å². The van der Waals surface area contributed by atoms with Gasteiger partial charge in [0.05, 0.1) is 18.7 Å². The van der Waals surface area contributed by atoms with Gasteiger partial charge in [-0.15, -0.1) is 0 Å². The number of nitrogens with one attached hydrogen (secondary N) is 1. The molecule has 3 atom stereocenters. The summed E-state index contributed by atoms with van der Waals surface area (Å²) in [5, 5.41) is 35.2. The third-order valence-corrected chi connectivity index (χ3v) is 11.1. The molecule has 2 N–H and O–H groups in total. The van der Waals surface area contributed by atoms with Crippen molar-refractivity contribution in [2.75, 3.05) is 29.9 Å². The predicted octanol–water partition coefficient (Wildman–Crippen LogP) is 11.9. The Morgan fingerprint density at radius 2 is 1.21 bits per heavy atom. The lowest BCUT2D eigenvalue weighted by Gasteiger charge is -2.46. The van der Waals surface area contributed by atoms with E-state index < -0.39 is 17.9 Å². The Labute approximate surface area is 308 Å². The van der Waals surface area contributed by atoms with E-state index in [-0.39, 0.29) is 5.70 Å². The Morgan fingerprint density at radius 1 is 0.712 bits per heavy atom.